The molecule has 0 amide bonds. The zero-order valence-corrected chi connectivity index (χ0v) is 16.5. The van der Waals surface area contributed by atoms with Crippen molar-refractivity contribution >= 4 is 33.5 Å². The van der Waals surface area contributed by atoms with E-state index in [4.69, 9.17) is 0 Å². The number of fused-ring (bicyclic) bond motifs is 1. The van der Waals surface area contributed by atoms with Crippen molar-refractivity contribution < 1.29 is 0 Å². The molecule has 130 valence electrons. The van der Waals surface area contributed by atoms with E-state index in [0.717, 1.165) is 25.1 Å². The first-order valence-corrected chi connectivity index (χ1v) is 9.19. The molecule has 0 aliphatic heterocycles. The van der Waals surface area contributed by atoms with Crippen LogP contribution in [0.25, 0.3) is 27.8 Å². The summed E-state index contributed by atoms with van der Waals surface area (Å²) in [7, 11) is 3.21. The van der Waals surface area contributed by atoms with Crippen molar-refractivity contribution in [1.29, 1.82) is 0 Å². The van der Waals surface area contributed by atoms with Crippen LogP contribution in [0.4, 0.5) is 0 Å². The van der Waals surface area contributed by atoms with E-state index in [1.165, 1.54) is 11.6 Å². The lowest BCUT2D eigenvalue weighted by molar-refractivity contribution is 0.714. The molecular weight excluding hydrogens is 441 g/mol. The highest BCUT2D eigenvalue weighted by Crippen LogP contribution is 2.30. The van der Waals surface area contributed by atoms with E-state index in [0.29, 0.717) is 10.9 Å². The van der Waals surface area contributed by atoms with Crippen LogP contribution in [0.3, 0.4) is 0 Å². The molecule has 0 N–H and O–H groups in total. The molecule has 4 rings (SSSR count). The molecule has 0 atom stereocenters. The van der Waals surface area contributed by atoms with Crippen LogP contribution >= 0.6 is 22.6 Å². The van der Waals surface area contributed by atoms with Gasteiger partial charge in [-0.1, -0.05) is 30.3 Å². The molecule has 4 aromatic rings. The number of aromatic nitrogens is 3. The highest BCUT2D eigenvalue weighted by Gasteiger charge is 2.19. The van der Waals surface area contributed by atoms with Gasteiger partial charge < -0.3 is 4.57 Å². The maximum Gasteiger partial charge on any atom is 0.330 e. The number of nitrogens with zero attached hydrogens (tertiary/aromatic N) is 3. The Morgan fingerprint density at radius 2 is 1.50 bits per heavy atom. The molecule has 2 aromatic heterocycles. The molecule has 0 spiro atoms. The zero-order chi connectivity index (χ0) is 18.4. The fourth-order valence-electron chi connectivity index (χ4n) is 3.23. The van der Waals surface area contributed by atoms with Gasteiger partial charge in [-0.25, -0.2) is 4.79 Å². The Bertz CT molecular complexity index is 1230. The second kappa shape index (κ2) is 6.28. The Morgan fingerprint density at radius 1 is 0.846 bits per heavy atom. The zero-order valence-electron chi connectivity index (χ0n) is 14.3. The maximum absolute atomic E-state index is 12.9. The average molecular weight is 457 g/mol. The molecule has 0 saturated carbocycles. The van der Waals surface area contributed by atoms with Gasteiger partial charge in [0.1, 0.15) is 0 Å². The van der Waals surface area contributed by atoms with Gasteiger partial charge in [0, 0.05) is 29.5 Å². The predicted molar refractivity (Wildman–Crippen MR) is 112 cm³/mol. The smallest absolute Gasteiger partial charge is 0.314 e. The minimum Gasteiger partial charge on any atom is -0.314 e. The first-order valence-electron chi connectivity index (χ1n) is 8.11. The molecule has 6 heteroatoms. The topological polar surface area (TPSA) is 48.9 Å². The normalized spacial score (nSPS) is 11.2. The van der Waals surface area contributed by atoms with Gasteiger partial charge in [-0.3, -0.25) is 13.9 Å². The summed E-state index contributed by atoms with van der Waals surface area (Å²) in [5.41, 5.74) is 2.66. The maximum atomic E-state index is 12.9. The largest absolute Gasteiger partial charge is 0.330 e. The van der Waals surface area contributed by atoms with Gasteiger partial charge >= 0.3 is 5.69 Å². The van der Waals surface area contributed by atoms with Crippen molar-refractivity contribution in [2.75, 3.05) is 0 Å². The summed E-state index contributed by atoms with van der Waals surface area (Å²) in [6.45, 7) is 0. The molecular formula is C20H16IN3O2. The molecule has 0 fully saturated rings. The molecule has 0 radical (unpaired) electrons. The molecule has 0 aliphatic carbocycles. The Kier molecular flexibility index (Phi) is 4.07. The molecule has 0 saturated heterocycles. The molecule has 5 nitrogen and oxygen atoms in total. The van der Waals surface area contributed by atoms with E-state index in [1.54, 1.807) is 7.05 Å². The Hall–Kier alpha value is -2.61. The van der Waals surface area contributed by atoms with E-state index in [2.05, 4.69) is 22.6 Å². The fraction of sp³-hybridized carbons (Fsp3) is 0.100. The molecule has 0 unspecified atom stereocenters. The summed E-state index contributed by atoms with van der Waals surface area (Å²) < 4.78 is 5.80. The molecule has 26 heavy (non-hydrogen) atoms. The quantitative estimate of drug-likeness (QED) is 0.434. The number of rotatable bonds is 2. The van der Waals surface area contributed by atoms with Crippen LogP contribution in [0.1, 0.15) is 0 Å². The van der Waals surface area contributed by atoms with E-state index >= 15 is 0 Å². The van der Waals surface area contributed by atoms with Gasteiger partial charge in [0.2, 0.25) is 0 Å². The Balaban J connectivity index is 2.20. The van der Waals surface area contributed by atoms with Crippen LogP contribution in [0, 0.1) is 3.57 Å². The predicted octanol–water partition coefficient (Wildman–Crippen LogP) is 3.30. The third kappa shape index (κ3) is 2.52. The lowest BCUT2D eigenvalue weighted by atomic mass is 10.1. The van der Waals surface area contributed by atoms with Gasteiger partial charge in [0.05, 0.1) is 16.6 Å². The summed E-state index contributed by atoms with van der Waals surface area (Å²) in [6, 6.07) is 17.8. The summed E-state index contributed by atoms with van der Waals surface area (Å²) >= 11 is 2.26. The van der Waals surface area contributed by atoms with Gasteiger partial charge in [-0.2, -0.15) is 0 Å². The first kappa shape index (κ1) is 16.8. The van der Waals surface area contributed by atoms with Gasteiger partial charge in [0.15, 0.2) is 0 Å². The highest BCUT2D eigenvalue weighted by molar-refractivity contribution is 14.1. The lowest BCUT2D eigenvalue weighted by Crippen LogP contribution is -2.36. The molecule has 0 bridgehead atoms. The summed E-state index contributed by atoms with van der Waals surface area (Å²) in [5.74, 6) is 0. The number of hydrogen-bond acceptors (Lipinski definition) is 2. The first-order chi connectivity index (χ1) is 12.5. The minimum atomic E-state index is -0.332. The van der Waals surface area contributed by atoms with Crippen LogP contribution in [-0.2, 0) is 14.1 Å². The van der Waals surface area contributed by atoms with Crippen molar-refractivity contribution in [3.05, 3.63) is 85.2 Å². The van der Waals surface area contributed by atoms with E-state index in [9.17, 15) is 9.59 Å². The lowest BCUT2D eigenvalue weighted by Gasteiger charge is -2.10. The van der Waals surface area contributed by atoms with Crippen molar-refractivity contribution in [2.45, 2.75) is 0 Å². The molecule has 2 aromatic carbocycles. The van der Waals surface area contributed by atoms with Gasteiger partial charge in [-0.15, -0.1) is 0 Å². The second-order valence-corrected chi connectivity index (χ2v) is 7.40. The van der Waals surface area contributed by atoms with Crippen LogP contribution < -0.4 is 11.2 Å². The van der Waals surface area contributed by atoms with Gasteiger partial charge in [-0.05, 0) is 52.4 Å². The third-order valence-electron chi connectivity index (χ3n) is 4.59. The Morgan fingerprint density at radius 3 is 2.15 bits per heavy atom. The standard InChI is InChI=1S/C20H16IN3O2/c1-22-16-12-24(15-10-8-14(21)9-11-15)18(13-6-4-3-5-7-13)17(16)19(25)23(2)20(22)26/h3-12H,1-2H3. The van der Waals surface area contributed by atoms with E-state index in [1.807, 2.05) is 65.4 Å². The number of halogens is 1. The van der Waals surface area contributed by atoms with E-state index < -0.39 is 0 Å². The second-order valence-electron chi connectivity index (χ2n) is 6.16. The van der Waals surface area contributed by atoms with Crippen LogP contribution in [-0.4, -0.2) is 13.7 Å². The van der Waals surface area contributed by atoms with Crippen LogP contribution in [0.2, 0.25) is 0 Å². The number of benzene rings is 2. The number of aryl methyl sites for hydroxylation is 1. The third-order valence-corrected chi connectivity index (χ3v) is 5.31. The van der Waals surface area contributed by atoms with Crippen molar-refractivity contribution in [2.24, 2.45) is 14.1 Å². The van der Waals surface area contributed by atoms with Crippen molar-refractivity contribution in [3.8, 4) is 16.9 Å². The van der Waals surface area contributed by atoms with Gasteiger partial charge in [0.25, 0.3) is 5.56 Å². The van der Waals surface area contributed by atoms with Crippen molar-refractivity contribution in [1.82, 2.24) is 13.7 Å². The van der Waals surface area contributed by atoms with Crippen LogP contribution in [0.5, 0.6) is 0 Å². The summed E-state index contributed by atoms with van der Waals surface area (Å²) in [5, 5.41) is 0.541. The highest BCUT2D eigenvalue weighted by atomic mass is 127. The minimum absolute atomic E-state index is 0.286. The number of hydrogen-bond donors (Lipinski definition) is 0. The van der Waals surface area contributed by atoms with E-state index in [-0.39, 0.29) is 11.2 Å². The summed E-state index contributed by atoms with van der Waals surface area (Å²) in [6.07, 6.45) is 1.86. The SMILES string of the molecule is Cn1c(=O)c2c(-c3ccccc3)n(-c3ccc(I)cc3)cc2n(C)c1=O. The fourth-order valence-corrected chi connectivity index (χ4v) is 3.59. The average Bonchev–Trinajstić information content (AvgIpc) is 3.06. The van der Waals surface area contributed by atoms with Crippen LogP contribution in [0.15, 0.2) is 70.4 Å². The summed E-state index contributed by atoms with van der Waals surface area (Å²) in [4.78, 5) is 25.3. The molecule has 2 heterocycles. The molecule has 0 aliphatic rings. The Labute approximate surface area is 163 Å². The monoisotopic (exact) mass is 457 g/mol. The van der Waals surface area contributed by atoms with Crippen molar-refractivity contribution in [3.63, 3.8) is 0 Å².